The van der Waals surface area contributed by atoms with Crippen molar-refractivity contribution in [2.45, 2.75) is 31.9 Å². The average molecular weight is 389 g/mol. The summed E-state index contributed by atoms with van der Waals surface area (Å²) in [5, 5.41) is 5.89. The third-order valence-electron chi connectivity index (χ3n) is 5.92. The number of likely N-dealkylation sites (N-methyl/N-ethyl adjacent to an activating group) is 1. The lowest BCUT2D eigenvalue weighted by atomic mass is 9.76. The number of carbonyl (C=O) groups is 1. The molecule has 0 aliphatic carbocycles. The van der Waals surface area contributed by atoms with Crippen molar-refractivity contribution in [2.24, 2.45) is 5.18 Å². The topological polar surface area (TPSA) is 71.0 Å². The van der Waals surface area contributed by atoms with Crippen LogP contribution in [0.3, 0.4) is 0 Å². The molecule has 2 heterocycles. The van der Waals surface area contributed by atoms with E-state index in [9.17, 15) is 9.70 Å². The maximum atomic E-state index is 12.0. The number of anilines is 2. The van der Waals surface area contributed by atoms with Gasteiger partial charge in [0, 0.05) is 29.6 Å². The van der Waals surface area contributed by atoms with Gasteiger partial charge >= 0.3 is 0 Å². The highest BCUT2D eigenvalue weighted by Crippen LogP contribution is 2.54. The number of rotatable bonds is 3. The Balaban J connectivity index is 1.76. The molecule has 0 fully saturated rings. The number of benzene rings is 2. The number of nitrogens with zero attached hydrogens (tertiary/aromatic N) is 2. The van der Waals surface area contributed by atoms with Gasteiger partial charge in [0.15, 0.2) is 0 Å². The van der Waals surface area contributed by atoms with E-state index in [1.54, 1.807) is 25.1 Å². The second-order valence-corrected chi connectivity index (χ2v) is 8.10. The molecule has 29 heavy (non-hydrogen) atoms. The van der Waals surface area contributed by atoms with Crippen molar-refractivity contribution in [1.29, 1.82) is 0 Å². The van der Waals surface area contributed by atoms with Crippen LogP contribution in [0.4, 0.5) is 17.1 Å². The number of nitroso groups, excluding NO2 is 1. The van der Waals surface area contributed by atoms with Gasteiger partial charge in [0.1, 0.15) is 11.4 Å². The number of hydrogen-bond donors (Lipinski definition) is 1. The molecule has 2 aromatic carbocycles. The molecule has 1 amide bonds. The maximum Gasteiger partial charge on any atom is 0.250 e. The molecule has 2 aliphatic rings. The number of fused-ring (bicyclic) bond motifs is 2. The fourth-order valence-corrected chi connectivity index (χ4v) is 4.17. The van der Waals surface area contributed by atoms with E-state index in [0.717, 1.165) is 22.5 Å². The van der Waals surface area contributed by atoms with E-state index in [1.807, 2.05) is 37.4 Å². The molecule has 2 aromatic rings. The monoisotopic (exact) mass is 389 g/mol. The molecular weight excluding hydrogens is 366 g/mol. The highest BCUT2D eigenvalue weighted by molar-refractivity contribution is 6.03. The quantitative estimate of drug-likeness (QED) is 0.584. The molecule has 0 saturated carbocycles. The zero-order valence-electron chi connectivity index (χ0n) is 16.9. The molecule has 0 aromatic heterocycles. The van der Waals surface area contributed by atoms with Crippen molar-refractivity contribution in [3.63, 3.8) is 0 Å². The zero-order valence-corrected chi connectivity index (χ0v) is 16.9. The van der Waals surface area contributed by atoms with E-state index < -0.39 is 11.1 Å². The summed E-state index contributed by atoms with van der Waals surface area (Å²) in [4.78, 5) is 25.0. The maximum absolute atomic E-state index is 12.0. The standard InChI is InChI=1S/C23H23N3O3/c1-14(2)21(27)24-16-6-8-19-18(13-16)22(3,4)23(26(19)5)11-10-15-12-17(25-28)7-9-20(15)29-23/h6-13H,1H2,2-5H3,(H,24,27). The number of carbonyl (C=O) groups excluding carboxylic acids is 1. The molecule has 6 nitrogen and oxygen atoms in total. The van der Waals surface area contributed by atoms with Gasteiger partial charge in [0.2, 0.25) is 5.72 Å². The van der Waals surface area contributed by atoms with Crippen LogP contribution in [0.5, 0.6) is 5.75 Å². The lowest BCUT2D eigenvalue weighted by Gasteiger charge is -2.45. The van der Waals surface area contributed by atoms with E-state index in [1.165, 1.54) is 0 Å². The summed E-state index contributed by atoms with van der Waals surface area (Å²) in [6.07, 6.45) is 4.00. The summed E-state index contributed by atoms with van der Waals surface area (Å²) < 4.78 is 6.54. The van der Waals surface area contributed by atoms with E-state index in [4.69, 9.17) is 4.74 Å². The van der Waals surface area contributed by atoms with Crippen molar-refractivity contribution in [3.05, 3.63) is 70.7 Å². The molecule has 1 unspecified atom stereocenters. The average Bonchev–Trinajstić information content (AvgIpc) is 2.86. The molecule has 148 valence electrons. The lowest BCUT2D eigenvalue weighted by molar-refractivity contribution is -0.112. The highest BCUT2D eigenvalue weighted by Gasteiger charge is 2.57. The van der Waals surface area contributed by atoms with Crippen LogP contribution >= 0.6 is 0 Å². The molecule has 2 aliphatic heterocycles. The van der Waals surface area contributed by atoms with Crippen molar-refractivity contribution in [1.82, 2.24) is 0 Å². The SMILES string of the molecule is C=C(C)C(=O)Nc1ccc2c(c1)C(C)(C)C1(C=Cc3cc(N=O)ccc3O1)N2C. The van der Waals surface area contributed by atoms with Gasteiger partial charge in [-0.15, -0.1) is 4.91 Å². The van der Waals surface area contributed by atoms with Crippen molar-refractivity contribution < 1.29 is 9.53 Å². The van der Waals surface area contributed by atoms with Gasteiger partial charge in [-0.3, -0.25) is 4.79 Å². The van der Waals surface area contributed by atoms with Crippen LogP contribution in [0.2, 0.25) is 0 Å². The summed E-state index contributed by atoms with van der Waals surface area (Å²) in [7, 11) is 2.00. The summed E-state index contributed by atoms with van der Waals surface area (Å²) in [5.41, 5.74) is 3.30. The van der Waals surface area contributed by atoms with Crippen LogP contribution in [0.1, 0.15) is 31.9 Å². The van der Waals surface area contributed by atoms with Gasteiger partial charge < -0.3 is 15.0 Å². The van der Waals surface area contributed by atoms with Crippen LogP contribution in [0, 0.1) is 4.91 Å². The smallest absolute Gasteiger partial charge is 0.250 e. The minimum Gasteiger partial charge on any atom is -0.463 e. The Kier molecular flexibility index (Phi) is 4.12. The molecule has 0 radical (unpaired) electrons. The summed E-state index contributed by atoms with van der Waals surface area (Å²) >= 11 is 0. The van der Waals surface area contributed by atoms with Gasteiger partial charge in [-0.25, -0.2) is 0 Å². The van der Waals surface area contributed by atoms with Gasteiger partial charge in [-0.2, -0.15) is 0 Å². The third-order valence-corrected chi connectivity index (χ3v) is 5.92. The van der Waals surface area contributed by atoms with Gasteiger partial charge in [-0.05, 0) is 80.1 Å². The fourth-order valence-electron chi connectivity index (χ4n) is 4.17. The number of hydrogen-bond acceptors (Lipinski definition) is 5. The molecular formula is C23H23N3O3. The van der Waals surface area contributed by atoms with E-state index in [2.05, 4.69) is 35.8 Å². The Morgan fingerprint density at radius 2 is 1.97 bits per heavy atom. The Bertz CT molecular complexity index is 1090. The summed E-state index contributed by atoms with van der Waals surface area (Å²) in [6.45, 7) is 9.61. The number of ether oxygens (including phenoxy) is 1. The summed E-state index contributed by atoms with van der Waals surface area (Å²) in [6, 6.07) is 11.0. The highest BCUT2D eigenvalue weighted by atomic mass is 16.5. The number of amides is 1. The zero-order chi connectivity index (χ0) is 21.0. The summed E-state index contributed by atoms with van der Waals surface area (Å²) in [5.74, 6) is 0.495. The second-order valence-electron chi connectivity index (χ2n) is 8.10. The van der Waals surface area contributed by atoms with E-state index >= 15 is 0 Å². The molecule has 0 saturated heterocycles. The first-order chi connectivity index (χ1) is 13.7. The Morgan fingerprint density at radius 1 is 1.21 bits per heavy atom. The third kappa shape index (κ3) is 2.67. The first-order valence-electron chi connectivity index (χ1n) is 9.40. The Hall–Kier alpha value is -3.41. The largest absolute Gasteiger partial charge is 0.463 e. The van der Waals surface area contributed by atoms with Crippen molar-refractivity contribution in [2.75, 3.05) is 17.3 Å². The molecule has 6 heteroatoms. The van der Waals surface area contributed by atoms with Crippen LogP contribution in [0.15, 0.2) is 59.8 Å². The molecule has 1 atom stereocenters. The van der Waals surface area contributed by atoms with Crippen molar-refractivity contribution >= 4 is 29.0 Å². The molecule has 1 N–H and O–H groups in total. The minimum absolute atomic E-state index is 0.203. The van der Waals surface area contributed by atoms with E-state index in [0.29, 0.717) is 17.0 Å². The van der Waals surface area contributed by atoms with Crippen molar-refractivity contribution in [3.8, 4) is 5.75 Å². The molecule has 4 rings (SSSR count). The van der Waals surface area contributed by atoms with Crippen LogP contribution < -0.4 is 15.0 Å². The lowest BCUT2D eigenvalue weighted by Crippen LogP contribution is -2.58. The van der Waals surface area contributed by atoms with E-state index in [-0.39, 0.29) is 5.91 Å². The van der Waals surface area contributed by atoms with Gasteiger partial charge in [0.25, 0.3) is 5.91 Å². The Morgan fingerprint density at radius 3 is 2.66 bits per heavy atom. The Labute approximate surface area is 169 Å². The second kappa shape index (κ2) is 6.30. The van der Waals surface area contributed by atoms with Crippen LogP contribution in [-0.4, -0.2) is 18.7 Å². The van der Waals surface area contributed by atoms with Gasteiger partial charge in [-0.1, -0.05) is 6.58 Å². The first kappa shape index (κ1) is 18.9. The predicted octanol–water partition coefficient (Wildman–Crippen LogP) is 5.13. The predicted molar refractivity (Wildman–Crippen MR) is 116 cm³/mol. The van der Waals surface area contributed by atoms with Crippen LogP contribution in [0.25, 0.3) is 6.08 Å². The molecule has 0 bridgehead atoms. The fraction of sp³-hybridized carbons (Fsp3) is 0.261. The molecule has 1 spiro atoms. The number of nitrogens with one attached hydrogen (secondary N) is 1. The minimum atomic E-state index is -0.741. The first-order valence-corrected chi connectivity index (χ1v) is 9.40. The van der Waals surface area contributed by atoms with Crippen LogP contribution in [-0.2, 0) is 10.2 Å². The normalized spacial score (nSPS) is 20.6. The van der Waals surface area contributed by atoms with Gasteiger partial charge in [0.05, 0.1) is 5.41 Å².